The number of nitro groups is 1. The normalized spacial score (nSPS) is 20.0. The number of hydrogen-bond acceptors (Lipinski definition) is 8. The molecular formula is C31H29F4N5O6. The molecule has 2 N–H and O–H groups in total. The predicted molar refractivity (Wildman–Crippen MR) is 160 cm³/mol. The maximum Gasteiger partial charge on any atom is 0.422 e. The Morgan fingerprint density at radius 3 is 2.52 bits per heavy atom. The number of benzene rings is 3. The molecule has 1 aromatic heterocycles. The number of phenols is 1. The summed E-state index contributed by atoms with van der Waals surface area (Å²) in [6.07, 6.45) is -4.93. The average molecular weight is 644 g/mol. The van der Waals surface area contributed by atoms with Crippen LogP contribution in [0.2, 0.25) is 0 Å². The van der Waals surface area contributed by atoms with E-state index >= 15 is 4.39 Å². The molecule has 2 aliphatic heterocycles. The van der Waals surface area contributed by atoms with E-state index in [0.717, 1.165) is 6.07 Å². The monoisotopic (exact) mass is 643 g/mol. The van der Waals surface area contributed by atoms with Crippen LogP contribution in [0.3, 0.4) is 0 Å². The molecule has 0 radical (unpaired) electrons. The summed E-state index contributed by atoms with van der Waals surface area (Å²) in [6, 6.07) is 8.81. The van der Waals surface area contributed by atoms with Crippen molar-refractivity contribution >= 4 is 39.3 Å². The molecule has 4 aromatic rings. The van der Waals surface area contributed by atoms with Gasteiger partial charge in [-0.15, -0.1) is 0 Å². The Morgan fingerprint density at radius 1 is 1.15 bits per heavy atom. The van der Waals surface area contributed by atoms with Gasteiger partial charge in [0.25, 0.3) is 5.69 Å². The minimum Gasteiger partial charge on any atom is -0.508 e. The molecule has 46 heavy (non-hydrogen) atoms. The summed E-state index contributed by atoms with van der Waals surface area (Å²) in [6.45, 7) is 3.92. The highest BCUT2D eigenvalue weighted by Gasteiger charge is 2.59. The van der Waals surface area contributed by atoms with E-state index < -0.39 is 69.4 Å². The second-order valence-corrected chi connectivity index (χ2v) is 12.7. The summed E-state index contributed by atoms with van der Waals surface area (Å²) in [5, 5.41) is 33.7. The van der Waals surface area contributed by atoms with Gasteiger partial charge in [0.2, 0.25) is 0 Å². The molecule has 2 saturated heterocycles. The summed E-state index contributed by atoms with van der Waals surface area (Å²) in [5.41, 5.74) is -3.35. The van der Waals surface area contributed by atoms with Crippen molar-refractivity contribution in [2.45, 2.75) is 51.4 Å². The van der Waals surface area contributed by atoms with Crippen molar-refractivity contribution in [3.63, 3.8) is 0 Å². The highest BCUT2D eigenvalue weighted by Crippen LogP contribution is 2.51. The molecule has 2 aliphatic rings. The van der Waals surface area contributed by atoms with Crippen molar-refractivity contribution in [3.05, 3.63) is 58.4 Å². The molecule has 2 fully saturated rings. The van der Waals surface area contributed by atoms with Crippen molar-refractivity contribution in [2.75, 3.05) is 24.6 Å². The minimum atomic E-state index is -4.78. The van der Waals surface area contributed by atoms with Crippen LogP contribution in [0.4, 0.5) is 33.9 Å². The fraction of sp³-hybridized carbons (Fsp3) is 0.387. The van der Waals surface area contributed by atoms with Crippen LogP contribution < -0.4 is 9.64 Å². The molecule has 242 valence electrons. The number of nitrogens with zero attached hydrogens (tertiary/aromatic N) is 5. The first kappa shape index (κ1) is 31.0. The predicted octanol–water partition coefficient (Wildman–Crippen LogP) is 6.89. The quantitative estimate of drug-likeness (QED) is 0.135. The van der Waals surface area contributed by atoms with E-state index in [9.17, 15) is 38.3 Å². The first-order chi connectivity index (χ1) is 21.5. The van der Waals surface area contributed by atoms with Gasteiger partial charge in [-0.1, -0.05) is 45.0 Å². The van der Waals surface area contributed by atoms with E-state index in [-0.39, 0.29) is 35.6 Å². The number of carboxylic acid groups (broad SMARTS) is 1. The summed E-state index contributed by atoms with van der Waals surface area (Å²) in [5.74, 6) is -1.64. The summed E-state index contributed by atoms with van der Waals surface area (Å²) in [4.78, 5) is 35.3. The standard InChI is InChI=1S/C31H29F4N5O6/c1-29(2,3)30-9-8-17(39(30)28(42)43)13-38(14-30)26-21-12-22(40(44)45)23(20-11-18(41)10-16-6-4-5-7-19(16)20)24(32)25(21)36-27(37-26)46-15-31(33,34)35/h4-7,10-12,17,41H,8-9,13-15H2,1-3H3,(H,42,43)/t17-,30-/m0/s1. The summed E-state index contributed by atoms with van der Waals surface area (Å²) >= 11 is 0. The van der Waals surface area contributed by atoms with Gasteiger partial charge >= 0.3 is 18.3 Å². The van der Waals surface area contributed by atoms with Gasteiger partial charge in [0, 0.05) is 24.7 Å². The van der Waals surface area contributed by atoms with E-state index in [4.69, 9.17) is 4.74 Å². The van der Waals surface area contributed by atoms with Crippen LogP contribution in [-0.4, -0.2) is 73.6 Å². The van der Waals surface area contributed by atoms with Crippen LogP contribution in [0.1, 0.15) is 33.6 Å². The van der Waals surface area contributed by atoms with Gasteiger partial charge in [-0.25, -0.2) is 9.18 Å². The molecule has 0 unspecified atom stereocenters. The van der Waals surface area contributed by atoms with Crippen molar-refractivity contribution < 1.29 is 42.2 Å². The number of anilines is 1. The fourth-order valence-electron chi connectivity index (χ4n) is 6.97. The molecule has 11 nitrogen and oxygen atoms in total. The zero-order valence-electron chi connectivity index (χ0n) is 24.9. The maximum atomic E-state index is 16.8. The molecule has 2 atom stereocenters. The molecule has 15 heteroatoms. The van der Waals surface area contributed by atoms with Gasteiger partial charge < -0.3 is 19.8 Å². The molecule has 0 aliphatic carbocycles. The Morgan fingerprint density at radius 2 is 1.87 bits per heavy atom. The van der Waals surface area contributed by atoms with Crippen LogP contribution >= 0.6 is 0 Å². The third-order valence-electron chi connectivity index (χ3n) is 9.05. The number of amides is 1. The number of phenolic OH excluding ortho intramolecular Hbond substituents is 1. The molecule has 6 rings (SSSR count). The van der Waals surface area contributed by atoms with E-state index in [0.29, 0.717) is 23.6 Å². The topological polar surface area (TPSA) is 142 Å². The van der Waals surface area contributed by atoms with E-state index in [1.165, 1.54) is 17.0 Å². The third kappa shape index (κ3) is 5.03. The number of piperazine rings is 1. The Balaban J connectivity index is 1.62. The Bertz CT molecular complexity index is 1910. The van der Waals surface area contributed by atoms with E-state index in [1.54, 1.807) is 29.2 Å². The van der Waals surface area contributed by atoms with Crippen LogP contribution in [0.15, 0.2) is 42.5 Å². The largest absolute Gasteiger partial charge is 0.508 e. The van der Waals surface area contributed by atoms with Gasteiger partial charge in [-0.05, 0) is 41.2 Å². The van der Waals surface area contributed by atoms with Gasteiger partial charge in [-0.3, -0.25) is 15.0 Å². The van der Waals surface area contributed by atoms with Gasteiger partial charge in [-0.2, -0.15) is 23.1 Å². The van der Waals surface area contributed by atoms with Crippen molar-refractivity contribution in [3.8, 4) is 22.9 Å². The zero-order valence-corrected chi connectivity index (χ0v) is 24.9. The van der Waals surface area contributed by atoms with Crippen LogP contribution in [0.25, 0.3) is 32.8 Å². The number of ether oxygens (including phenoxy) is 1. The second-order valence-electron chi connectivity index (χ2n) is 12.7. The maximum absolute atomic E-state index is 16.8. The second kappa shape index (κ2) is 10.6. The highest BCUT2D eigenvalue weighted by molar-refractivity contribution is 6.04. The number of fused-ring (bicyclic) bond motifs is 4. The first-order valence-corrected chi connectivity index (χ1v) is 14.4. The number of alkyl halides is 3. The molecule has 1 amide bonds. The number of aromatic hydroxyl groups is 1. The number of hydrogen-bond donors (Lipinski definition) is 2. The lowest BCUT2D eigenvalue weighted by molar-refractivity contribution is -0.384. The SMILES string of the molecule is CC(C)(C)[C@]12CC[C@@H](CN(c3nc(OCC(F)(F)F)nc4c(F)c(-c5cc(O)cc6ccccc56)c([N+](=O)[O-])cc34)C1)N2C(=O)O. The van der Waals surface area contributed by atoms with Gasteiger partial charge in [0.15, 0.2) is 12.4 Å². The summed E-state index contributed by atoms with van der Waals surface area (Å²) < 4.78 is 61.2. The number of aromatic nitrogens is 2. The smallest absolute Gasteiger partial charge is 0.422 e. The molecule has 2 bridgehead atoms. The van der Waals surface area contributed by atoms with Crippen LogP contribution in [-0.2, 0) is 0 Å². The average Bonchev–Trinajstić information content (AvgIpc) is 3.22. The number of rotatable bonds is 5. The van der Waals surface area contributed by atoms with Crippen LogP contribution in [0, 0.1) is 21.3 Å². The molecule has 0 saturated carbocycles. The fourth-order valence-corrected chi connectivity index (χ4v) is 6.97. The molecule has 3 heterocycles. The Hall–Kier alpha value is -4.95. The first-order valence-electron chi connectivity index (χ1n) is 14.4. The lowest BCUT2D eigenvalue weighted by Gasteiger charge is -2.54. The van der Waals surface area contributed by atoms with E-state index in [1.807, 2.05) is 20.8 Å². The third-order valence-corrected chi connectivity index (χ3v) is 9.05. The molecular weight excluding hydrogens is 614 g/mol. The van der Waals surface area contributed by atoms with Crippen molar-refractivity contribution in [1.29, 1.82) is 0 Å². The lowest BCUT2D eigenvalue weighted by Crippen LogP contribution is -2.68. The Labute approximate surface area is 259 Å². The number of halogens is 4. The van der Waals surface area contributed by atoms with Crippen LogP contribution in [0.5, 0.6) is 11.8 Å². The lowest BCUT2D eigenvalue weighted by atomic mass is 9.71. The minimum absolute atomic E-state index is 0.0263. The van der Waals surface area contributed by atoms with E-state index in [2.05, 4.69) is 9.97 Å². The molecule has 0 spiro atoms. The van der Waals surface area contributed by atoms with Crippen molar-refractivity contribution in [1.82, 2.24) is 14.9 Å². The highest BCUT2D eigenvalue weighted by atomic mass is 19.4. The summed E-state index contributed by atoms with van der Waals surface area (Å²) in [7, 11) is 0. The molecule has 3 aromatic carbocycles. The Kier molecular flexibility index (Phi) is 7.13. The van der Waals surface area contributed by atoms with Crippen molar-refractivity contribution in [2.24, 2.45) is 5.41 Å². The van der Waals surface area contributed by atoms with Gasteiger partial charge in [0.05, 0.1) is 27.5 Å². The number of nitro benzene ring substituents is 1. The number of carbonyl (C=O) groups is 1. The van der Waals surface area contributed by atoms with Gasteiger partial charge in [0.1, 0.15) is 17.1 Å². The zero-order chi connectivity index (χ0) is 33.3.